The van der Waals surface area contributed by atoms with E-state index in [9.17, 15) is 9.18 Å². The second-order valence-corrected chi connectivity index (χ2v) is 3.40. The molecule has 0 aromatic carbocycles. The predicted molar refractivity (Wildman–Crippen MR) is 45.6 cm³/mol. The molecule has 0 aliphatic carbocycles. The van der Waals surface area contributed by atoms with Crippen molar-refractivity contribution >= 4 is 5.97 Å². The predicted octanol–water partition coefficient (Wildman–Crippen LogP) is 2.32. The first kappa shape index (κ1) is 11.4. The van der Waals surface area contributed by atoms with E-state index >= 15 is 0 Å². The first-order valence-corrected chi connectivity index (χ1v) is 4.27. The van der Waals surface area contributed by atoms with Crippen LogP contribution >= 0.6 is 0 Å². The van der Waals surface area contributed by atoms with Gasteiger partial charge in [-0.15, -0.1) is 0 Å². The minimum absolute atomic E-state index is 0.111. The van der Waals surface area contributed by atoms with Crippen LogP contribution in [0, 0.1) is 5.92 Å². The van der Waals surface area contributed by atoms with Crippen molar-refractivity contribution in [2.24, 2.45) is 5.92 Å². The molecule has 1 unspecified atom stereocenters. The third-order valence-electron chi connectivity index (χ3n) is 1.64. The summed E-state index contributed by atoms with van der Waals surface area (Å²) in [5, 5.41) is 0. The van der Waals surface area contributed by atoms with Gasteiger partial charge in [0.15, 0.2) is 0 Å². The second-order valence-electron chi connectivity index (χ2n) is 3.40. The number of ether oxygens (including phenoxy) is 1. The van der Waals surface area contributed by atoms with Crippen LogP contribution in [0.1, 0.15) is 34.1 Å². The van der Waals surface area contributed by atoms with E-state index in [1.165, 1.54) is 6.92 Å². The maximum atomic E-state index is 12.6. The number of rotatable bonds is 4. The molecule has 3 heteroatoms. The van der Waals surface area contributed by atoms with Crippen molar-refractivity contribution < 1.29 is 13.9 Å². The summed E-state index contributed by atoms with van der Waals surface area (Å²) in [7, 11) is 0. The fraction of sp³-hybridized carbons (Fsp3) is 0.889. The fourth-order valence-corrected chi connectivity index (χ4v) is 0.736. The topological polar surface area (TPSA) is 26.3 Å². The van der Waals surface area contributed by atoms with Gasteiger partial charge in [-0.2, -0.15) is 0 Å². The summed E-state index contributed by atoms with van der Waals surface area (Å²) in [5.74, 6) is -0.571. The van der Waals surface area contributed by atoms with Gasteiger partial charge in [0.25, 0.3) is 0 Å². The molecule has 0 heterocycles. The number of alkyl halides is 1. The molecule has 0 aromatic heterocycles. The monoisotopic (exact) mass is 176 g/mol. The SMILES string of the molecule is CC(C)OC(=O)C[C@@H](C)C(C)F. The summed E-state index contributed by atoms with van der Waals surface area (Å²) in [6.45, 7) is 6.71. The van der Waals surface area contributed by atoms with Gasteiger partial charge in [-0.3, -0.25) is 4.79 Å². The molecule has 0 saturated carbocycles. The maximum absolute atomic E-state index is 12.6. The number of carbonyl (C=O) groups excluding carboxylic acids is 1. The molecule has 2 nitrogen and oxygen atoms in total. The summed E-state index contributed by atoms with van der Waals surface area (Å²) in [6.07, 6.45) is -0.903. The van der Waals surface area contributed by atoms with Crippen molar-refractivity contribution in [3.05, 3.63) is 0 Å². The quantitative estimate of drug-likeness (QED) is 0.614. The van der Waals surface area contributed by atoms with E-state index in [2.05, 4.69) is 0 Å². The van der Waals surface area contributed by atoms with Crippen molar-refractivity contribution in [3.63, 3.8) is 0 Å². The molecule has 0 fully saturated rings. The lowest BCUT2D eigenvalue weighted by molar-refractivity contribution is -0.148. The Morgan fingerprint density at radius 1 is 1.33 bits per heavy atom. The zero-order valence-corrected chi connectivity index (χ0v) is 8.13. The van der Waals surface area contributed by atoms with E-state index < -0.39 is 6.17 Å². The van der Waals surface area contributed by atoms with Crippen molar-refractivity contribution in [3.8, 4) is 0 Å². The van der Waals surface area contributed by atoms with Crippen LogP contribution in [0.5, 0.6) is 0 Å². The molecule has 0 aromatic rings. The fourth-order valence-electron chi connectivity index (χ4n) is 0.736. The summed E-state index contributed by atoms with van der Waals surface area (Å²) >= 11 is 0. The van der Waals surface area contributed by atoms with Gasteiger partial charge >= 0.3 is 5.97 Å². The molecule has 0 spiro atoms. The van der Waals surface area contributed by atoms with Gasteiger partial charge in [-0.05, 0) is 26.7 Å². The zero-order valence-electron chi connectivity index (χ0n) is 8.13. The van der Waals surface area contributed by atoms with Crippen LogP contribution in [0.25, 0.3) is 0 Å². The summed E-state index contributed by atoms with van der Waals surface area (Å²) < 4.78 is 17.5. The van der Waals surface area contributed by atoms with Crippen LogP contribution in [0.4, 0.5) is 4.39 Å². The van der Waals surface area contributed by atoms with Crippen molar-refractivity contribution in [1.29, 1.82) is 0 Å². The molecule has 0 saturated heterocycles. The van der Waals surface area contributed by atoms with Gasteiger partial charge in [-0.25, -0.2) is 4.39 Å². The van der Waals surface area contributed by atoms with E-state index in [4.69, 9.17) is 4.74 Å². The average molecular weight is 176 g/mol. The third kappa shape index (κ3) is 5.10. The third-order valence-corrected chi connectivity index (χ3v) is 1.64. The molecule has 12 heavy (non-hydrogen) atoms. The zero-order chi connectivity index (χ0) is 9.72. The lowest BCUT2D eigenvalue weighted by atomic mass is 10.0. The van der Waals surface area contributed by atoms with Crippen LogP contribution in [-0.4, -0.2) is 18.2 Å². The Labute approximate surface area is 73.1 Å². The highest BCUT2D eigenvalue weighted by molar-refractivity contribution is 5.69. The van der Waals surface area contributed by atoms with E-state index in [0.29, 0.717) is 0 Å². The Morgan fingerprint density at radius 3 is 2.17 bits per heavy atom. The smallest absolute Gasteiger partial charge is 0.306 e. The number of halogens is 1. The van der Waals surface area contributed by atoms with E-state index in [1.807, 2.05) is 0 Å². The van der Waals surface area contributed by atoms with E-state index in [-0.39, 0.29) is 24.4 Å². The van der Waals surface area contributed by atoms with Crippen molar-refractivity contribution in [2.45, 2.75) is 46.4 Å². The number of hydrogen-bond acceptors (Lipinski definition) is 2. The Morgan fingerprint density at radius 2 is 1.83 bits per heavy atom. The van der Waals surface area contributed by atoms with Crippen molar-refractivity contribution in [1.82, 2.24) is 0 Å². The standard InChI is InChI=1S/C9H17FO2/c1-6(2)12-9(11)5-7(3)8(4)10/h6-8H,5H2,1-4H3/t7-,8?/m1/s1. The molecule has 0 N–H and O–H groups in total. The molecule has 0 bridgehead atoms. The average Bonchev–Trinajstić information content (AvgIpc) is 1.84. The van der Waals surface area contributed by atoms with Crippen LogP contribution in [0.2, 0.25) is 0 Å². The van der Waals surface area contributed by atoms with Crippen molar-refractivity contribution in [2.75, 3.05) is 0 Å². The molecule has 0 aliphatic heterocycles. The molecule has 0 radical (unpaired) electrons. The second kappa shape index (κ2) is 5.12. The minimum atomic E-state index is -0.954. The van der Waals surface area contributed by atoms with E-state index in [0.717, 1.165) is 0 Å². The molecule has 0 rings (SSSR count). The number of esters is 1. The van der Waals surface area contributed by atoms with Gasteiger partial charge in [0, 0.05) is 0 Å². The van der Waals surface area contributed by atoms with Crippen LogP contribution in [0.15, 0.2) is 0 Å². The van der Waals surface area contributed by atoms with Gasteiger partial charge in [-0.1, -0.05) is 6.92 Å². The highest BCUT2D eigenvalue weighted by atomic mass is 19.1. The number of hydrogen-bond donors (Lipinski definition) is 0. The highest BCUT2D eigenvalue weighted by Crippen LogP contribution is 2.12. The van der Waals surface area contributed by atoms with Gasteiger partial charge in [0.2, 0.25) is 0 Å². The first-order chi connectivity index (χ1) is 5.43. The van der Waals surface area contributed by atoms with Crippen LogP contribution in [-0.2, 0) is 9.53 Å². The Kier molecular flexibility index (Phi) is 4.86. The Balaban J connectivity index is 3.69. The van der Waals surface area contributed by atoms with Crippen LogP contribution in [0.3, 0.4) is 0 Å². The van der Waals surface area contributed by atoms with Gasteiger partial charge in [0.1, 0.15) is 6.17 Å². The van der Waals surface area contributed by atoms with E-state index in [1.54, 1.807) is 20.8 Å². The summed E-state index contributed by atoms with van der Waals surface area (Å²) in [6, 6.07) is 0. The molecule has 72 valence electrons. The van der Waals surface area contributed by atoms with Gasteiger partial charge in [0.05, 0.1) is 12.5 Å². The number of carbonyl (C=O) groups is 1. The Bertz CT molecular complexity index is 143. The lowest BCUT2D eigenvalue weighted by Crippen LogP contribution is -2.18. The normalized spacial score (nSPS) is 15.8. The molecule has 0 amide bonds. The first-order valence-electron chi connectivity index (χ1n) is 4.27. The summed E-state index contributed by atoms with van der Waals surface area (Å²) in [4.78, 5) is 11.0. The largest absolute Gasteiger partial charge is 0.463 e. The maximum Gasteiger partial charge on any atom is 0.306 e. The highest BCUT2D eigenvalue weighted by Gasteiger charge is 2.16. The molecule has 2 atom stereocenters. The molecular formula is C9H17FO2. The van der Waals surface area contributed by atoms with Gasteiger partial charge < -0.3 is 4.74 Å². The minimum Gasteiger partial charge on any atom is -0.463 e. The molecular weight excluding hydrogens is 159 g/mol. The van der Waals surface area contributed by atoms with Crippen LogP contribution < -0.4 is 0 Å². The lowest BCUT2D eigenvalue weighted by Gasteiger charge is -2.13. The summed E-state index contributed by atoms with van der Waals surface area (Å²) in [5.41, 5.74) is 0. The molecule has 0 aliphatic rings. The Hall–Kier alpha value is -0.600.